The molecule has 0 aliphatic carbocycles. The van der Waals surface area contributed by atoms with Crippen molar-refractivity contribution in [3.63, 3.8) is 0 Å². The van der Waals surface area contributed by atoms with E-state index >= 15 is 0 Å². The summed E-state index contributed by atoms with van der Waals surface area (Å²) in [4.78, 5) is 28.2. The van der Waals surface area contributed by atoms with Gasteiger partial charge >= 0.3 is 6.03 Å². The predicted octanol–water partition coefficient (Wildman–Crippen LogP) is 2.11. The van der Waals surface area contributed by atoms with Crippen LogP contribution in [0.4, 0.5) is 4.79 Å². The van der Waals surface area contributed by atoms with Crippen LogP contribution in [0.15, 0.2) is 24.3 Å². The lowest BCUT2D eigenvalue weighted by molar-refractivity contribution is -0.139. The summed E-state index contributed by atoms with van der Waals surface area (Å²) >= 11 is 6.00. The number of morpholine rings is 1. The third kappa shape index (κ3) is 4.43. The molecule has 7 heteroatoms. The second-order valence-electron chi connectivity index (χ2n) is 7.58. The second kappa shape index (κ2) is 8.42. The average molecular weight is 402 g/mol. The highest BCUT2D eigenvalue weighted by molar-refractivity contribution is 6.30. The zero-order valence-corrected chi connectivity index (χ0v) is 16.5. The number of ether oxygens (including phenoxy) is 1. The molecule has 0 bridgehead atoms. The van der Waals surface area contributed by atoms with Crippen LogP contribution in [-0.4, -0.2) is 66.7 Å². The van der Waals surface area contributed by atoms with Gasteiger partial charge in [-0.3, -0.25) is 4.79 Å². The van der Waals surface area contributed by atoms with E-state index in [-0.39, 0.29) is 30.7 Å². The molecule has 4 rings (SSSR count). The molecule has 3 aliphatic heterocycles. The van der Waals surface area contributed by atoms with Gasteiger partial charge in [-0.05, 0) is 37.5 Å². The highest BCUT2D eigenvalue weighted by atomic mass is 35.5. The lowest BCUT2D eigenvalue weighted by atomic mass is 9.97. The van der Waals surface area contributed by atoms with Crippen LogP contribution in [0.3, 0.4) is 0 Å². The largest absolute Gasteiger partial charge is 0.366 e. The Bertz CT molecular complexity index is 811. The SMILES string of the molecule is O=C1CO[C@H]2CCN(C(=O)N3CCC(C#Cc4cccc(Cl)c4)CC3)C[C@H]2N1. The third-order valence-corrected chi connectivity index (χ3v) is 5.84. The number of fused-ring (bicyclic) bond motifs is 1. The van der Waals surface area contributed by atoms with Crippen molar-refractivity contribution < 1.29 is 14.3 Å². The van der Waals surface area contributed by atoms with Crippen molar-refractivity contribution in [1.82, 2.24) is 15.1 Å². The van der Waals surface area contributed by atoms with Gasteiger partial charge in [-0.1, -0.05) is 29.5 Å². The number of piperidine rings is 2. The van der Waals surface area contributed by atoms with Crippen LogP contribution in [0.2, 0.25) is 5.02 Å². The molecule has 1 N–H and O–H groups in total. The predicted molar refractivity (Wildman–Crippen MR) is 106 cm³/mol. The molecule has 28 heavy (non-hydrogen) atoms. The van der Waals surface area contributed by atoms with Gasteiger partial charge in [0.25, 0.3) is 0 Å². The van der Waals surface area contributed by atoms with Gasteiger partial charge in [-0.15, -0.1) is 0 Å². The first-order valence-corrected chi connectivity index (χ1v) is 10.2. The maximum atomic E-state index is 12.9. The van der Waals surface area contributed by atoms with Crippen molar-refractivity contribution in [2.45, 2.75) is 31.4 Å². The Morgan fingerprint density at radius 2 is 1.96 bits per heavy atom. The number of benzene rings is 1. The number of carbonyl (C=O) groups is 2. The molecule has 0 saturated carbocycles. The molecule has 0 radical (unpaired) electrons. The molecule has 3 fully saturated rings. The van der Waals surface area contributed by atoms with E-state index in [0.717, 1.165) is 24.8 Å². The van der Waals surface area contributed by atoms with Crippen molar-refractivity contribution in [3.8, 4) is 11.8 Å². The molecule has 3 amide bonds. The molecule has 3 saturated heterocycles. The molecule has 6 nitrogen and oxygen atoms in total. The molecule has 3 heterocycles. The Morgan fingerprint density at radius 1 is 1.18 bits per heavy atom. The van der Waals surface area contributed by atoms with Crippen molar-refractivity contribution in [2.75, 3.05) is 32.8 Å². The first-order valence-electron chi connectivity index (χ1n) is 9.80. The highest BCUT2D eigenvalue weighted by Gasteiger charge is 2.37. The first kappa shape index (κ1) is 19.1. The van der Waals surface area contributed by atoms with Crippen LogP contribution >= 0.6 is 11.6 Å². The summed E-state index contributed by atoms with van der Waals surface area (Å²) in [6, 6.07) is 7.51. The molecule has 0 aromatic heterocycles. The summed E-state index contributed by atoms with van der Waals surface area (Å²) in [5.41, 5.74) is 0.922. The van der Waals surface area contributed by atoms with Crippen molar-refractivity contribution >= 4 is 23.5 Å². The summed E-state index contributed by atoms with van der Waals surface area (Å²) in [5, 5.41) is 3.64. The molecule has 1 aromatic rings. The number of carbonyl (C=O) groups excluding carboxylic acids is 2. The van der Waals surface area contributed by atoms with Crippen molar-refractivity contribution in [1.29, 1.82) is 0 Å². The quantitative estimate of drug-likeness (QED) is 0.677. The Kier molecular flexibility index (Phi) is 5.74. The van der Waals surface area contributed by atoms with Crippen molar-refractivity contribution in [3.05, 3.63) is 34.9 Å². The highest BCUT2D eigenvalue weighted by Crippen LogP contribution is 2.22. The fourth-order valence-electron chi connectivity index (χ4n) is 4.04. The van der Waals surface area contributed by atoms with E-state index in [1.165, 1.54) is 0 Å². The number of nitrogens with zero attached hydrogens (tertiary/aromatic N) is 2. The summed E-state index contributed by atoms with van der Waals surface area (Å²) in [6.07, 6.45) is 2.53. The summed E-state index contributed by atoms with van der Waals surface area (Å²) in [6.45, 7) is 2.73. The van der Waals surface area contributed by atoms with E-state index in [4.69, 9.17) is 16.3 Å². The zero-order chi connectivity index (χ0) is 19.5. The lowest BCUT2D eigenvalue weighted by Gasteiger charge is -2.43. The number of hydrogen-bond acceptors (Lipinski definition) is 3. The summed E-state index contributed by atoms with van der Waals surface area (Å²) < 4.78 is 5.57. The number of likely N-dealkylation sites (tertiary alicyclic amines) is 2. The first-order chi connectivity index (χ1) is 13.6. The Labute approximate surface area is 170 Å². The van der Waals surface area contributed by atoms with E-state index in [1.54, 1.807) is 0 Å². The number of nitrogens with one attached hydrogen (secondary N) is 1. The Hall–Kier alpha value is -2.23. The minimum Gasteiger partial charge on any atom is -0.366 e. The zero-order valence-electron chi connectivity index (χ0n) is 15.7. The van der Waals surface area contributed by atoms with Crippen LogP contribution in [0.5, 0.6) is 0 Å². The molecule has 0 unspecified atom stereocenters. The number of urea groups is 1. The van der Waals surface area contributed by atoms with Gasteiger partial charge in [0.05, 0.1) is 12.1 Å². The Morgan fingerprint density at radius 3 is 2.75 bits per heavy atom. The molecular weight excluding hydrogens is 378 g/mol. The fourth-order valence-corrected chi connectivity index (χ4v) is 4.23. The van der Waals surface area contributed by atoms with Gasteiger partial charge in [0.15, 0.2) is 0 Å². The molecule has 0 spiro atoms. The van der Waals surface area contributed by atoms with Crippen molar-refractivity contribution in [2.24, 2.45) is 5.92 Å². The smallest absolute Gasteiger partial charge is 0.320 e. The van der Waals surface area contributed by atoms with Gasteiger partial charge in [-0.25, -0.2) is 4.79 Å². The number of halogens is 1. The standard InChI is InChI=1S/C21H24ClN3O3/c22-17-3-1-2-16(12-17)5-4-15-6-9-24(10-7-15)21(27)25-11-8-19-18(13-25)23-20(26)14-28-19/h1-3,12,15,18-19H,6-11,13-14H2,(H,23,26)/t18-,19+/m1/s1. The fraction of sp³-hybridized carbons (Fsp3) is 0.524. The van der Waals surface area contributed by atoms with E-state index in [9.17, 15) is 9.59 Å². The average Bonchev–Trinajstić information content (AvgIpc) is 2.71. The van der Waals surface area contributed by atoms with Gasteiger partial charge in [0.1, 0.15) is 6.61 Å². The van der Waals surface area contributed by atoms with E-state index in [1.807, 2.05) is 34.1 Å². The van der Waals surface area contributed by atoms with E-state index in [0.29, 0.717) is 37.1 Å². The van der Waals surface area contributed by atoms with Gasteiger partial charge in [0, 0.05) is 42.7 Å². The van der Waals surface area contributed by atoms with E-state index in [2.05, 4.69) is 17.2 Å². The minimum atomic E-state index is -0.102. The lowest BCUT2D eigenvalue weighted by Crippen LogP contribution is -2.62. The maximum absolute atomic E-state index is 12.9. The monoisotopic (exact) mass is 401 g/mol. The molecule has 148 valence electrons. The number of rotatable bonds is 0. The van der Waals surface area contributed by atoms with Crippen LogP contribution in [-0.2, 0) is 9.53 Å². The summed E-state index contributed by atoms with van der Waals surface area (Å²) in [5.74, 6) is 6.71. The van der Waals surface area contributed by atoms with Gasteiger partial charge in [-0.2, -0.15) is 0 Å². The molecule has 3 aliphatic rings. The van der Waals surface area contributed by atoms with Crippen LogP contribution in [0.1, 0.15) is 24.8 Å². The number of amides is 3. The normalized spacial score (nSPS) is 25.4. The summed E-state index contributed by atoms with van der Waals surface area (Å²) in [7, 11) is 0. The van der Waals surface area contributed by atoms with Crippen LogP contribution in [0.25, 0.3) is 0 Å². The number of hydrogen-bond donors (Lipinski definition) is 1. The van der Waals surface area contributed by atoms with Crippen LogP contribution in [0, 0.1) is 17.8 Å². The molecule has 2 atom stereocenters. The van der Waals surface area contributed by atoms with Gasteiger partial charge in [0.2, 0.25) is 5.91 Å². The van der Waals surface area contributed by atoms with E-state index < -0.39 is 0 Å². The molecule has 1 aromatic carbocycles. The topological polar surface area (TPSA) is 61.9 Å². The molecular formula is C21H24ClN3O3. The minimum absolute atomic E-state index is 0.0225. The second-order valence-corrected chi connectivity index (χ2v) is 8.02. The van der Waals surface area contributed by atoms with Crippen LogP contribution < -0.4 is 5.32 Å². The third-order valence-electron chi connectivity index (χ3n) is 5.61. The Balaban J connectivity index is 1.29. The van der Waals surface area contributed by atoms with Gasteiger partial charge < -0.3 is 19.9 Å². The maximum Gasteiger partial charge on any atom is 0.320 e.